The zero-order valence-corrected chi connectivity index (χ0v) is 15.1. The molecule has 1 aromatic heterocycles. The molecular formula is C20H14ClN5O. The van der Waals surface area contributed by atoms with Gasteiger partial charge >= 0.3 is 0 Å². The van der Waals surface area contributed by atoms with Crippen LogP contribution in [-0.4, -0.2) is 21.6 Å². The Morgan fingerprint density at radius 3 is 2.85 bits per heavy atom. The Bertz CT molecular complexity index is 1120. The highest BCUT2D eigenvalue weighted by Gasteiger charge is 2.33. The Morgan fingerprint density at radius 2 is 2.11 bits per heavy atom. The number of nitrogens with zero attached hydrogens (tertiary/aromatic N) is 4. The van der Waals surface area contributed by atoms with Gasteiger partial charge in [-0.05, 0) is 43.3 Å². The van der Waals surface area contributed by atoms with E-state index in [9.17, 15) is 10.1 Å². The van der Waals surface area contributed by atoms with Gasteiger partial charge in [-0.3, -0.25) is 4.79 Å². The van der Waals surface area contributed by atoms with Gasteiger partial charge in [0.15, 0.2) is 0 Å². The molecule has 27 heavy (non-hydrogen) atoms. The summed E-state index contributed by atoms with van der Waals surface area (Å²) in [6, 6.07) is 16.6. The van der Waals surface area contributed by atoms with Crippen LogP contribution in [0.4, 0.5) is 5.69 Å². The average Bonchev–Trinajstić information content (AvgIpc) is 3.21. The van der Waals surface area contributed by atoms with E-state index >= 15 is 0 Å². The molecular weight excluding hydrogens is 362 g/mol. The van der Waals surface area contributed by atoms with E-state index in [0.29, 0.717) is 27.8 Å². The maximum absolute atomic E-state index is 12.9. The van der Waals surface area contributed by atoms with Crippen molar-refractivity contribution in [1.29, 1.82) is 5.26 Å². The number of hydrogen-bond donors (Lipinski definition) is 1. The molecule has 1 aliphatic heterocycles. The third-order valence-corrected chi connectivity index (χ3v) is 4.57. The molecule has 0 saturated heterocycles. The summed E-state index contributed by atoms with van der Waals surface area (Å²) < 4.78 is 0. The minimum Gasteiger partial charge on any atom is -0.337 e. The second kappa shape index (κ2) is 6.71. The molecule has 2 aromatic carbocycles. The number of benzene rings is 2. The second-order valence-corrected chi connectivity index (χ2v) is 6.58. The third-order valence-electron chi connectivity index (χ3n) is 4.33. The molecule has 3 aromatic rings. The number of allylic oxidation sites excluding steroid dienone is 1. The number of nitrogens with one attached hydrogen (secondary N) is 1. The molecule has 0 radical (unpaired) electrons. The first-order valence-corrected chi connectivity index (χ1v) is 8.66. The van der Waals surface area contributed by atoms with Gasteiger partial charge in [0, 0.05) is 5.02 Å². The van der Waals surface area contributed by atoms with Crippen LogP contribution in [0.1, 0.15) is 12.7 Å². The number of anilines is 1. The number of aromatic amines is 1. The lowest BCUT2D eigenvalue weighted by Crippen LogP contribution is -2.26. The third kappa shape index (κ3) is 3.09. The Morgan fingerprint density at radius 1 is 1.30 bits per heavy atom. The van der Waals surface area contributed by atoms with Crippen LogP contribution in [0.5, 0.6) is 0 Å². The molecule has 1 atom stereocenters. The normalized spacial score (nSPS) is 17.3. The van der Waals surface area contributed by atoms with Gasteiger partial charge in [0.1, 0.15) is 11.9 Å². The number of hydrogen-bond acceptors (Lipinski definition) is 4. The van der Waals surface area contributed by atoms with Crippen LogP contribution >= 0.6 is 11.6 Å². The summed E-state index contributed by atoms with van der Waals surface area (Å²) in [5, 5.41) is 15.8. The highest BCUT2D eigenvalue weighted by Crippen LogP contribution is 2.28. The monoisotopic (exact) mass is 375 g/mol. The Labute approximate surface area is 160 Å². The van der Waals surface area contributed by atoms with Crippen molar-refractivity contribution in [2.75, 3.05) is 5.01 Å². The number of H-pyrrole nitrogens is 1. The van der Waals surface area contributed by atoms with Gasteiger partial charge < -0.3 is 4.98 Å². The average molecular weight is 376 g/mol. The number of carbonyl (C=O) groups is 1. The number of para-hydroxylation sites is 2. The maximum atomic E-state index is 12.9. The maximum Gasteiger partial charge on any atom is 0.260 e. The van der Waals surface area contributed by atoms with E-state index in [1.807, 2.05) is 24.3 Å². The lowest BCUT2D eigenvalue weighted by atomic mass is 10.0. The molecule has 1 amide bonds. The summed E-state index contributed by atoms with van der Waals surface area (Å²) in [4.78, 5) is 20.4. The van der Waals surface area contributed by atoms with Crippen molar-refractivity contribution >= 4 is 45.5 Å². The van der Waals surface area contributed by atoms with Crippen molar-refractivity contribution in [3.63, 3.8) is 0 Å². The SMILES string of the molecule is CC1=NN(c2cccc(Cl)c2)C(=O)C1C=C(C#N)c1nc2ccccc2[nH]1. The molecule has 0 saturated carbocycles. The van der Waals surface area contributed by atoms with Gasteiger partial charge in [-0.25, -0.2) is 4.98 Å². The number of fused-ring (bicyclic) bond motifs is 1. The topological polar surface area (TPSA) is 85.1 Å². The van der Waals surface area contributed by atoms with E-state index in [4.69, 9.17) is 11.6 Å². The minimum atomic E-state index is -0.633. The van der Waals surface area contributed by atoms with Crippen molar-refractivity contribution in [1.82, 2.24) is 9.97 Å². The van der Waals surface area contributed by atoms with E-state index in [2.05, 4.69) is 21.1 Å². The smallest absolute Gasteiger partial charge is 0.260 e. The zero-order chi connectivity index (χ0) is 19.0. The minimum absolute atomic E-state index is 0.237. The van der Waals surface area contributed by atoms with Crippen LogP contribution in [0.25, 0.3) is 16.6 Å². The van der Waals surface area contributed by atoms with Crippen molar-refractivity contribution in [3.05, 3.63) is 65.5 Å². The predicted molar refractivity (Wildman–Crippen MR) is 105 cm³/mol. The highest BCUT2D eigenvalue weighted by atomic mass is 35.5. The number of aromatic nitrogens is 2. The van der Waals surface area contributed by atoms with Gasteiger partial charge in [-0.1, -0.05) is 29.8 Å². The van der Waals surface area contributed by atoms with Crippen LogP contribution in [-0.2, 0) is 4.79 Å². The highest BCUT2D eigenvalue weighted by molar-refractivity contribution is 6.31. The largest absolute Gasteiger partial charge is 0.337 e. The Balaban J connectivity index is 1.69. The van der Waals surface area contributed by atoms with Gasteiger partial charge in [-0.2, -0.15) is 15.4 Å². The molecule has 0 aliphatic carbocycles. The fraction of sp³-hybridized carbons (Fsp3) is 0.100. The van der Waals surface area contributed by atoms with Gasteiger partial charge in [-0.15, -0.1) is 0 Å². The van der Waals surface area contributed by atoms with E-state index in [-0.39, 0.29) is 5.91 Å². The van der Waals surface area contributed by atoms with Crippen molar-refractivity contribution in [2.45, 2.75) is 6.92 Å². The van der Waals surface area contributed by atoms with E-state index in [0.717, 1.165) is 11.0 Å². The molecule has 1 N–H and O–H groups in total. The van der Waals surface area contributed by atoms with Gasteiger partial charge in [0.2, 0.25) is 0 Å². The number of carbonyl (C=O) groups excluding carboxylic acids is 1. The van der Waals surface area contributed by atoms with Crippen LogP contribution < -0.4 is 5.01 Å². The molecule has 4 rings (SSSR count). The molecule has 1 aliphatic rings. The lowest BCUT2D eigenvalue weighted by Gasteiger charge is -2.13. The molecule has 132 valence electrons. The summed E-state index contributed by atoms with van der Waals surface area (Å²) in [5.74, 6) is -0.439. The second-order valence-electron chi connectivity index (χ2n) is 6.14. The number of nitriles is 1. The van der Waals surface area contributed by atoms with E-state index in [1.54, 1.807) is 37.3 Å². The van der Waals surface area contributed by atoms with E-state index in [1.165, 1.54) is 5.01 Å². The molecule has 1 unspecified atom stereocenters. The van der Waals surface area contributed by atoms with Gasteiger partial charge in [0.05, 0.1) is 33.9 Å². The molecule has 0 fully saturated rings. The molecule has 0 spiro atoms. The number of amides is 1. The van der Waals surface area contributed by atoms with Crippen molar-refractivity contribution in [2.24, 2.45) is 11.0 Å². The molecule has 6 nitrogen and oxygen atoms in total. The lowest BCUT2D eigenvalue weighted by molar-refractivity contribution is -0.118. The zero-order valence-electron chi connectivity index (χ0n) is 14.3. The number of hydrazone groups is 1. The Kier molecular flexibility index (Phi) is 4.22. The first kappa shape index (κ1) is 17.0. The van der Waals surface area contributed by atoms with Crippen molar-refractivity contribution in [3.8, 4) is 6.07 Å². The van der Waals surface area contributed by atoms with Crippen LogP contribution in [0.3, 0.4) is 0 Å². The molecule has 0 bridgehead atoms. The first-order chi connectivity index (χ1) is 13.1. The molecule has 2 heterocycles. The summed E-state index contributed by atoms with van der Waals surface area (Å²) in [7, 11) is 0. The van der Waals surface area contributed by atoms with Gasteiger partial charge in [0.25, 0.3) is 5.91 Å². The quantitative estimate of drug-likeness (QED) is 0.697. The van der Waals surface area contributed by atoms with Crippen LogP contribution in [0, 0.1) is 17.2 Å². The van der Waals surface area contributed by atoms with Crippen LogP contribution in [0.15, 0.2) is 59.7 Å². The number of imidazole rings is 1. The van der Waals surface area contributed by atoms with Crippen LogP contribution in [0.2, 0.25) is 5.02 Å². The number of rotatable bonds is 3. The standard InChI is InChI=1S/C20H14ClN5O/c1-12-16(20(27)26(25-12)15-6-4-5-14(21)10-15)9-13(11-22)19-23-17-7-2-3-8-18(17)24-19/h2-10,16H,1H3,(H,23,24). The summed E-state index contributed by atoms with van der Waals surface area (Å²) in [6.07, 6.45) is 1.60. The Hall–Kier alpha value is -3.43. The summed E-state index contributed by atoms with van der Waals surface area (Å²) in [6.45, 7) is 1.76. The summed E-state index contributed by atoms with van der Waals surface area (Å²) in [5.41, 5.74) is 3.08. The van der Waals surface area contributed by atoms with E-state index < -0.39 is 5.92 Å². The van der Waals surface area contributed by atoms with Crippen molar-refractivity contribution < 1.29 is 4.79 Å². The fourth-order valence-corrected chi connectivity index (χ4v) is 3.17. The predicted octanol–water partition coefficient (Wildman–Crippen LogP) is 4.16. The fourth-order valence-electron chi connectivity index (χ4n) is 2.98. The molecule has 7 heteroatoms. The first-order valence-electron chi connectivity index (χ1n) is 8.28. The summed E-state index contributed by atoms with van der Waals surface area (Å²) >= 11 is 6.02. The number of halogens is 1.